The molecule has 0 bridgehead atoms. The zero-order valence-electron chi connectivity index (χ0n) is 14.8. The highest BCUT2D eigenvalue weighted by Gasteiger charge is 2.17. The maximum atomic E-state index is 5.55. The van der Waals surface area contributed by atoms with E-state index in [1.165, 1.54) is 0 Å². The monoisotopic (exact) mass is 340 g/mol. The smallest absolute Gasteiger partial charge is 0.122 e. The van der Waals surface area contributed by atoms with Crippen LogP contribution < -0.4 is 10.1 Å². The Morgan fingerprint density at radius 3 is 2.88 bits per heavy atom. The lowest BCUT2D eigenvalue weighted by Crippen LogP contribution is -2.30. The fraction of sp³-hybridized carbons (Fsp3) is 0.316. The number of furan rings is 1. The van der Waals surface area contributed by atoms with Gasteiger partial charge in [0.1, 0.15) is 11.5 Å². The molecule has 6 nitrogen and oxygen atoms in total. The van der Waals surface area contributed by atoms with E-state index in [0.29, 0.717) is 6.54 Å². The van der Waals surface area contributed by atoms with Gasteiger partial charge in [0.25, 0.3) is 0 Å². The zero-order valence-corrected chi connectivity index (χ0v) is 14.8. The van der Waals surface area contributed by atoms with Crippen LogP contribution in [-0.2, 0) is 6.54 Å². The summed E-state index contributed by atoms with van der Waals surface area (Å²) in [5.74, 6) is 1.79. The van der Waals surface area contributed by atoms with Gasteiger partial charge in [0, 0.05) is 24.2 Å². The Labute approximate surface area is 147 Å². The number of aromatic amines is 1. The van der Waals surface area contributed by atoms with Crippen molar-refractivity contribution in [3.8, 4) is 17.0 Å². The average Bonchev–Trinajstić information content (AvgIpc) is 3.30. The second kappa shape index (κ2) is 8.00. The molecule has 6 heteroatoms. The van der Waals surface area contributed by atoms with E-state index >= 15 is 0 Å². The van der Waals surface area contributed by atoms with E-state index in [0.717, 1.165) is 34.9 Å². The average molecular weight is 340 g/mol. The molecule has 2 aromatic heterocycles. The van der Waals surface area contributed by atoms with Gasteiger partial charge in [-0.3, -0.25) is 10.00 Å². The van der Waals surface area contributed by atoms with E-state index in [9.17, 15) is 0 Å². The van der Waals surface area contributed by atoms with Crippen molar-refractivity contribution in [1.82, 2.24) is 20.4 Å². The van der Waals surface area contributed by atoms with Crippen LogP contribution in [0.4, 0.5) is 0 Å². The number of ether oxygens (including phenoxy) is 1. The molecular weight excluding hydrogens is 316 g/mol. The van der Waals surface area contributed by atoms with Crippen LogP contribution in [0.5, 0.6) is 5.75 Å². The summed E-state index contributed by atoms with van der Waals surface area (Å²) >= 11 is 0. The molecular formula is C19H24N4O2. The molecule has 0 saturated heterocycles. The summed E-state index contributed by atoms with van der Waals surface area (Å²) in [6.07, 6.45) is 3.57. The number of likely N-dealkylation sites (N-methyl/N-ethyl adjacent to an activating group) is 1. The molecule has 0 radical (unpaired) electrons. The van der Waals surface area contributed by atoms with E-state index in [1.807, 2.05) is 56.7 Å². The Balaban J connectivity index is 1.67. The van der Waals surface area contributed by atoms with Crippen LogP contribution in [-0.4, -0.2) is 42.8 Å². The number of benzene rings is 1. The van der Waals surface area contributed by atoms with Crippen molar-refractivity contribution >= 4 is 0 Å². The van der Waals surface area contributed by atoms with Gasteiger partial charge in [-0.1, -0.05) is 12.1 Å². The van der Waals surface area contributed by atoms with Crippen LogP contribution in [0.1, 0.15) is 17.4 Å². The third-order valence-electron chi connectivity index (χ3n) is 4.22. The standard InChI is InChI=1S/C19H24N4O2/c1-23(2)17(18-8-5-9-25-18)13-20-11-15-12-21-22-19(15)14-6-4-7-16(10-14)24-3/h4-10,12,17,20H,11,13H2,1-3H3,(H,21,22)/t17-/m1/s1. The Hall–Kier alpha value is -2.57. The first kappa shape index (κ1) is 17.3. The first-order chi connectivity index (χ1) is 12.2. The second-order valence-corrected chi connectivity index (χ2v) is 6.13. The fourth-order valence-corrected chi connectivity index (χ4v) is 2.84. The molecule has 3 aromatic rings. The van der Waals surface area contributed by atoms with Gasteiger partial charge in [0.2, 0.25) is 0 Å². The summed E-state index contributed by atoms with van der Waals surface area (Å²) < 4.78 is 10.9. The van der Waals surface area contributed by atoms with Gasteiger partial charge in [-0.2, -0.15) is 5.10 Å². The molecule has 2 heterocycles. The van der Waals surface area contributed by atoms with Crippen LogP contribution in [0.25, 0.3) is 11.3 Å². The SMILES string of the molecule is COc1cccc(-c2[nH]ncc2CNC[C@H](c2ccco2)N(C)C)c1. The summed E-state index contributed by atoms with van der Waals surface area (Å²) in [4.78, 5) is 2.14. The summed E-state index contributed by atoms with van der Waals surface area (Å²) in [5.41, 5.74) is 3.18. The van der Waals surface area contributed by atoms with E-state index in [-0.39, 0.29) is 6.04 Å². The predicted molar refractivity (Wildman–Crippen MR) is 97.4 cm³/mol. The highest BCUT2D eigenvalue weighted by atomic mass is 16.5. The summed E-state index contributed by atoms with van der Waals surface area (Å²) in [6.45, 7) is 1.50. The van der Waals surface area contributed by atoms with Crippen LogP contribution >= 0.6 is 0 Å². The fourth-order valence-electron chi connectivity index (χ4n) is 2.84. The first-order valence-electron chi connectivity index (χ1n) is 8.26. The molecule has 2 N–H and O–H groups in total. The molecule has 1 aromatic carbocycles. The molecule has 3 rings (SSSR count). The minimum Gasteiger partial charge on any atom is -0.497 e. The maximum Gasteiger partial charge on any atom is 0.122 e. The maximum absolute atomic E-state index is 5.55. The van der Waals surface area contributed by atoms with Gasteiger partial charge in [-0.25, -0.2) is 0 Å². The van der Waals surface area contributed by atoms with Crippen LogP contribution in [0, 0.1) is 0 Å². The minimum atomic E-state index is 0.183. The molecule has 25 heavy (non-hydrogen) atoms. The molecule has 0 fully saturated rings. The Morgan fingerprint density at radius 1 is 1.28 bits per heavy atom. The second-order valence-electron chi connectivity index (χ2n) is 6.13. The molecule has 0 spiro atoms. The van der Waals surface area contributed by atoms with Crippen LogP contribution in [0.2, 0.25) is 0 Å². The van der Waals surface area contributed by atoms with E-state index in [1.54, 1.807) is 13.4 Å². The Bertz CT molecular complexity index is 780. The number of methoxy groups -OCH3 is 1. The third-order valence-corrected chi connectivity index (χ3v) is 4.22. The summed E-state index contributed by atoms with van der Waals surface area (Å²) in [6, 6.07) is 12.1. The van der Waals surface area contributed by atoms with Crippen molar-refractivity contribution in [2.24, 2.45) is 0 Å². The minimum absolute atomic E-state index is 0.183. The van der Waals surface area contributed by atoms with Crippen molar-refractivity contribution in [2.75, 3.05) is 27.7 Å². The number of rotatable bonds is 8. The number of hydrogen-bond acceptors (Lipinski definition) is 5. The van der Waals surface area contributed by atoms with Crippen molar-refractivity contribution in [1.29, 1.82) is 0 Å². The number of nitrogens with zero attached hydrogens (tertiary/aromatic N) is 2. The number of H-pyrrole nitrogens is 1. The third kappa shape index (κ3) is 4.10. The van der Waals surface area contributed by atoms with Gasteiger partial charge >= 0.3 is 0 Å². The van der Waals surface area contributed by atoms with E-state index in [4.69, 9.17) is 9.15 Å². The lowest BCUT2D eigenvalue weighted by Gasteiger charge is -2.22. The molecule has 0 unspecified atom stereocenters. The highest BCUT2D eigenvalue weighted by Crippen LogP contribution is 2.25. The van der Waals surface area contributed by atoms with Gasteiger partial charge in [-0.05, 0) is 38.4 Å². The predicted octanol–water partition coefficient (Wildman–Crippen LogP) is 3.07. The number of hydrogen-bond donors (Lipinski definition) is 2. The topological polar surface area (TPSA) is 66.3 Å². The quantitative estimate of drug-likeness (QED) is 0.660. The largest absolute Gasteiger partial charge is 0.497 e. The first-order valence-corrected chi connectivity index (χ1v) is 8.26. The number of aromatic nitrogens is 2. The van der Waals surface area contributed by atoms with E-state index < -0.39 is 0 Å². The molecule has 0 amide bonds. The molecule has 132 valence electrons. The highest BCUT2D eigenvalue weighted by molar-refractivity contribution is 5.64. The lowest BCUT2D eigenvalue weighted by molar-refractivity contribution is 0.250. The Morgan fingerprint density at radius 2 is 2.16 bits per heavy atom. The van der Waals surface area contributed by atoms with Crippen LogP contribution in [0.3, 0.4) is 0 Å². The van der Waals surface area contributed by atoms with Crippen molar-refractivity contribution in [2.45, 2.75) is 12.6 Å². The molecule has 0 aliphatic heterocycles. The van der Waals surface area contributed by atoms with Gasteiger partial charge in [0.05, 0.1) is 31.3 Å². The molecule has 0 saturated carbocycles. The molecule has 1 atom stereocenters. The zero-order chi connectivity index (χ0) is 17.6. The van der Waals surface area contributed by atoms with Crippen molar-refractivity contribution < 1.29 is 9.15 Å². The summed E-state index contributed by atoms with van der Waals surface area (Å²) in [5, 5.41) is 10.8. The Kier molecular flexibility index (Phi) is 5.53. The van der Waals surface area contributed by atoms with Gasteiger partial charge in [-0.15, -0.1) is 0 Å². The number of nitrogens with one attached hydrogen (secondary N) is 2. The molecule has 0 aliphatic rings. The van der Waals surface area contributed by atoms with Crippen LogP contribution in [0.15, 0.2) is 53.3 Å². The normalized spacial score (nSPS) is 12.5. The van der Waals surface area contributed by atoms with Crippen molar-refractivity contribution in [3.05, 3.63) is 60.2 Å². The lowest BCUT2D eigenvalue weighted by atomic mass is 10.1. The van der Waals surface area contributed by atoms with Crippen molar-refractivity contribution in [3.63, 3.8) is 0 Å². The molecule has 0 aliphatic carbocycles. The van der Waals surface area contributed by atoms with E-state index in [2.05, 4.69) is 20.4 Å². The summed E-state index contributed by atoms with van der Waals surface area (Å²) in [7, 11) is 5.77. The van der Waals surface area contributed by atoms with Gasteiger partial charge in [0.15, 0.2) is 0 Å². The van der Waals surface area contributed by atoms with Gasteiger partial charge < -0.3 is 14.5 Å².